The molecule has 1 aliphatic heterocycles. The first-order valence-electron chi connectivity index (χ1n) is 14.0. The van der Waals surface area contributed by atoms with Crippen molar-refractivity contribution in [3.05, 3.63) is 88.2 Å². The quantitative estimate of drug-likeness (QED) is 0.254. The van der Waals surface area contributed by atoms with E-state index < -0.39 is 23.3 Å². The minimum absolute atomic E-state index is 0.0339. The summed E-state index contributed by atoms with van der Waals surface area (Å²) in [6.07, 6.45) is -0.929. The van der Waals surface area contributed by atoms with Crippen molar-refractivity contribution >= 4 is 17.6 Å². The predicted octanol–water partition coefficient (Wildman–Crippen LogP) is 6.02. The molecule has 0 bridgehead atoms. The van der Waals surface area contributed by atoms with Gasteiger partial charge < -0.3 is 24.2 Å². The lowest BCUT2D eigenvalue weighted by Crippen LogP contribution is -2.31. The van der Waals surface area contributed by atoms with Crippen molar-refractivity contribution in [3.8, 4) is 17.2 Å². The van der Waals surface area contributed by atoms with Gasteiger partial charge in [0.05, 0.1) is 25.3 Å². The number of amidine groups is 1. The molecule has 2 N–H and O–H groups in total. The van der Waals surface area contributed by atoms with E-state index in [0.717, 1.165) is 5.56 Å². The maximum absolute atomic E-state index is 15.4. The number of carboxylic acid groups (broad SMARTS) is 1. The molecule has 1 aliphatic rings. The van der Waals surface area contributed by atoms with Crippen LogP contribution in [0.5, 0.6) is 17.2 Å². The van der Waals surface area contributed by atoms with E-state index >= 15 is 4.39 Å². The summed E-state index contributed by atoms with van der Waals surface area (Å²) < 4.78 is 32.5. The van der Waals surface area contributed by atoms with E-state index in [-0.39, 0.29) is 54.8 Å². The van der Waals surface area contributed by atoms with E-state index in [4.69, 9.17) is 19.6 Å². The molecule has 9 heteroatoms. The first kappa shape index (κ1) is 30.6. The lowest BCUT2D eigenvalue weighted by molar-refractivity contribution is -0.145. The molecule has 8 nitrogen and oxygen atoms in total. The Hall–Kier alpha value is -4.40. The summed E-state index contributed by atoms with van der Waals surface area (Å²) in [5.41, 5.74) is 2.09. The van der Waals surface area contributed by atoms with Crippen LogP contribution in [0.1, 0.15) is 67.2 Å². The van der Waals surface area contributed by atoms with Gasteiger partial charge in [-0.05, 0) is 54.7 Å². The number of nitrogens with zero attached hydrogens (tertiary/aromatic N) is 1. The second-order valence-electron chi connectivity index (χ2n) is 11.1. The van der Waals surface area contributed by atoms with Crippen LogP contribution in [0, 0.1) is 11.2 Å². The van der Waals surface area contributed by atoms with Gasteiger partial charge in [0, 0.05) is 24.1 Å². The number of carbonyl (C=O) groups excluding carboxylic acids is 1. The monoisotopic (exact) mass is 576 g/mol. The zero-order valence-corrected chi connectivity index (χ0v) is 24.6. The van der Waals surface area contributed by atoms with Gasteiger partial charge in [0.2, 0.25) is 0 Å². The number of rotatable bonds is 12. The fourth-order valence-electron chi connectivity index (χ4n) is 4.98. The molecule has 0 saturated heterocycles. The molecule has 0 aromatic heterocycles. The van der Waals surface area contributed by atoms with Crippen LogP contribution >= 0.6 is 0 Å². The number of fused-ring (bicyclic) bond motifs is 1. The van der Waals surface area contributed by atoms with E-state index in [1.54, 1.807) is 38.1 Å². The number of ketones is 1. The highest BCUT2D eigenvalue weighted by molar-refractivity contribution is 6.06. The number of Topliss-reactive ketones (excluding diaryl/α,β-unsaturated/α-hetero) is 1. The molecule has 1 atom stereocenters. The number of ether oxygens (including phenoxy) is 3. The van der Waals surface area contributed by atoms with Gasteiger partial charge >= 0.3 is 5.97 Å². The van der Waals surface area contributed by atoms with Crippen LogP contribution in [0.4, 0.5) is 4.39 Å². The van der Waals surface area contributed by atoms with Crippen molar-refractivity contribution in [2.75, 3.05) is 19.8 Å². The summed E-state index contributed by atoms with van der Waals surface area (Å²) in [6.45, 7) is 10.0. The summed E-state index contributed by atoms with van der Waals surface area (Å²) in [7, 11) is 0. The summed E-state index contributed by atoms with van der Waals surface area (Å²) in [6, 6.07) is 15.9. The molecule has 3 aromatic rings. The summed E-state index contributed by atoms with van der Waals surface area (Å²) in [5.74, 6) is -1.49. The molecule has 0 aliphatic carbocycles. The van der Waals surface area contributed by atoms with Crippen molar-refractivity contribution in [2.45, 2.75) is 59.1 Å². The molecule has 42 heavy (non-hydrogen) atoms. The molecule has 0 spiro atoms. The molecule has 0 saturated carbocycles. The minimum atomic E-state index is -1.11. The molecule has 1 heterocycles. The number of aliphatic carboxylic acids is 1. The Morgan fingerprint density at radius 1 is 1.02 bits per heavy atom. The average Bonchev–Trinajstić information content (AvgIpc) is 3.25. The third kappa shape index (κ3) is 6.56. The van der Waals surface area contributed by atoms with Crippen LogP contribution in [0.25, 0.3) is 0 Å². The second-order valence-corrected chi connectivity index (χ2v) is 11.1. The SMILES string of the molecule is CCOc1cc2c(c(F)c1OCC)C(=N)N(CC(=O)c1ccc(OC(Cc3ccccc3)C(=O)O)c(C(C)(C)C)c1)C2. The highest BCUT2D eigenvalue weighted by Crippen LogP contribution is 2.39. The lowest BCUT2D eigenvalue weighted by atomic mass is 9.85. The van der Waals surface area contributed by atoms with E-state index in [1.165, 1.54) is 4.90 Å². The maximum Gasteiger partial charge on any atom is 0.345 e. The lowest BCUT2D eigenvalue weighted by Gasteiger charge is -2.26. The van der Waals surface area contributed by atoms with Gasteiger partial charge in [0.15, 0.2) is 29.2 Å². The Kier molecular flexibility index (Phi) is 9.19. The Bertz CT molecular complexity index is 1480. The molecule has 0 amide bonds. The average molecular weight is 577 g/mol. The van der Waals surface area contributed by atoms with Crippen molar-refractivity contribution in [1.82, 2.24) is 4.90 Å². The standard InChI is InChI=1S/C33H37FN2O6/c1-6-40-26-17-22-18-36(31(35)28(22)29(34)30(26)41-7-2)19-24(37)21-13-14-25(23(16-21)33(3,4)5)42-27(32(38)39)15-20-11-9-8-10-12-20/h8-14,16-17,27,35H,6-7,15,18-19H2,1-5H3,(H,38,39). The van der Waals surface area contributed by atoms with Crippen molar-refractivity contribution in [1.29, 1.82) is 5.41 Å². The fraction of sp³-hybridized carbons (Fsp3) is 0.364. The second kappa shape index (κ2) is 12.6. The molecule has 0 radical (unpaired) electrons. The molecular formula is C33H37FN2O6. The van der Waals surface area contributed by atoms with Gasteiger partial charge in [0.25, 0.3) is 0 Å². The first-order valence-corrected chi connectivity index (χ1v) is 14.0. The van der Waals surface area contributed by atoms with Crippen LogP contribution in [-0.2, 0) is 23.2 Å². The zero-order chi connectivity index (χ0) is 30.6. The van der Waals surface area contributed by atoms with E-state index in [1.807, 2.05) is 51.1 Å². The van der Waals surface area contributed by atoms with Gasteiger partial charge in [-0.3, -0.25) is 10.2 Å². The minimum Gasteiger partial charge on any atom is -0.490 e. The Labute approximate surface area is 245 Å². The fourth-order valence-corrected chi connectivity index (χ4v) is 4.98. The van der Waals surface area contributed by atoms with Crippen molar-refractivity contribution in [3.63, 3.8) is 0 Å². The van der Waals surface area contributed by atoms with Gasteiger partial charge in [0.1, 0.15) is 11.6 Å². The summed E-state index contributed by atoms with van der Waals surface area (Å²) in [5, 5.41) is 18.5. The number of halogens is 1. The van der Waals surface area contributed by atoms with E-state index in [9.17, 15) is 14.7 Å². The van der Waals surface area contributed by atoms with Crippen LogP contribution in [0.2, 0.25) is 0 Å². The highest BCUT2D eigenvalue weighted by Gasteiger charge is 2.33. The molecule has 4 rings (SSSR count). The first-order chi connectivity index (χ1) is 19.9. The normalized spacial score (nSPS) is 13.5. The summed E-state index contributed by atoms with van der Waals surface area (Å²) >= 11 is 0. The number of carboxylic acids is 1. The number of hydrogen-bond donors (Lipinski definition) is 2. The van der Waals surface area contributed by atoms with Gasteiger partial charge in [-0.2, -0.15) is 0 Å². The topological polar surface area (TPSA) is 109 Å². The number of nitrogens with one attached hydrogen (secondary N) is 1. The number of benzene rings is 3. The van der Waals surface area contributed by atoms with Gasteiger partial charge in [-0.1, -0.05) is 51.1 Å². The maximum atomic E-state index is 15.4. The van der Waals surface area contributed by atoms with E-state index in [0.29, 0.717) is 29.0 Å². The Morgan fingerprint density at radius 3 is 2.33 bits per heavy atom. The molecule has 3 aromatic carbocycles. The Balaban J connectivity index is 1.57. The highest BCUT2D eigenvalue weighted by atomic mass is 19.1. The van der Waals surface area contributed by atoms with E-state index in [2.05, 4.69) is 0 Å². The number of hydrogen-bond acceptors (Lipinski definition) is 6. The van der Waals surface area contributed by atoms with Crippen LogP contribution in [0.3, 0.4) is 0 Å². The molecular weight excluding hydrogens is 539 g/mol. The number of carbonyl (C=O) groups is 2. The third-order valence-corrected chi connectivity index (χ3v) is 7.02. The van der Waals surface area contributed by atoms with Crippen LogP contribution in [0.15, 0.2) is 54.6 Å². The zero-order valence-electron chi connectivity index (χ0n) is 24.6. The van der Waals surface area contributed by atoms with Crippen LogP contribution in [-0.4, -0.2) is 53.5 Å². The molecule has 222 valence electrons. The summed E-state index contributed by atoms with van der Waals surface area (Å²) in [4.78, 5) is 27.0. The molecule has 1 unspecified atom stereocenters. The van der Waals surface area contributed by atoms with Crippen molar-refractivity contribution < 1.29 is 33.3 Å². The third-order valence-electron chi connectivity index (χ3n) is 7.02. The van der Waals surface area contributed by atoms with Crippen LogP contribution < -0.4 is 14.2 Å². The largest absolute Gasteiger partial charge is 0.490 e. The smallest absolute Gasteiger partial charge is 0.345 e. The van der Waals surface area contributed by atoms with Gasteiger partial charge in [-0.25, -0.2) is 9.18 Å². The van der Waals surface area contributed by atoms with Gasteiger partial charge in [-0.15, -0.1) is 0 Å². The molecule has 0 fully saturated rings. The Morgan fingerprint density at radius 2 is 1.71 bits per heavy atom. The van der Waals surface area contributed by atoms with Crippen molar-refractivity contribution in [2.24, 2.45) is 0 Å². The predicted molar refractivity (Wildman–Crippen MR) is 158 cm³/mol.